The van der Waals surface area contributed by atoms with Gasteiger partial charge >= 0.3 is 0 Å². The lowest BCUT2D eigenvalue weighted by atomic mass is 9.91. The van der Waals surface area contributed by atoms with Crippen LogP contribution in [0, 0.1) is 0 Å². The van der Waals surface area contributed by atoms with E-state index in [4.69, 9.17) is 4.74 Å². The number of aromatic nitrogens is 3. The van der Waals surface area contributed by atoms with E-state index in [1.165, 1.54) is 5.56 Å². The normalized spacial score (nSPS) is 14.3. The molecule has 1 heterocycles. The summed E-state index contributed by atoms with van der Waals surface area (Å²) in [5.74, 6) is 0.378. The van der Waals surface area contributed by atoms with Crippen molar-refractivity contribution in [1.29, 1.82) is 0 Å². The zero-order valence-corrected chi connectivity index (χ0v) is 10.9. The average Bonchev–Trinajstić information content (AvgIpc) is 2.94. The molecule has 0 saturated carbocycles. The highest BCUT2D eigenvalue weighted by Gasteiger charge is 2.20. The van der Waals surface area contributed by atoms with Crippen molar-refractivity contribution in [3.8, 4) is 0 Å². The molecule has 0 aliphatic heterocycles. The van der Waals surface area contributed by atoms with Crippen LogP contribution in [-0.2, 0) is 4.74 Å². The predicted octanol–water partition coefficient (Wildman–Crippen LogP) is 2.66. The van der Waals surface area contributed by atoms with Crippen LogP contribution in [0.3, 0.4) is 0 Å². The average molecular weight is 245 g/mol. The minimum absolute atomic E-state index is 0.273. The maximum Gasteiger partial charge on any atom is 0.137 e. The first-order valence-electron chi connectivity index (χ1n) is 6.21. The number of nitrogens with zero attached hydrogens (tertiary/aromatic N) is 3. The van der Waals surface area contributed by atoms with Gasteiger partial charge in [-0.1, -0.05) is 37.3 Å². The summed E-state index contributed by atoms with van der Waals surface area (Å²) >= 11 is 0. The highest BCUT2D eigenvalue weighted by molar-refractivity contribution is 5.20. The predicted molar refractivity (Wildman–Crippen MR) is 70.4 cm³/mol. The molecule has 0 aliphatic carbocycles. The number of hydrogen-bond acceptors (Lipinski definition) is 3. The Balaban J connectivity index is 2.18. The Hall–Kier alpha value is -1.68. The number of hydrogen-bond donors (Lipinski definition) is 0. The molecule has 0 radical (unpaired) electrons. The van der Waals surface area contributed by atoms with Gasteiger partial charge in [-0.25, -0.2) is 9.67 Å². The van der Waals surface area contributed by atoms with Gasteiger partial charge in [-0.15, -0.1) is 0 Å². The summed E-state index contributed by atoms with van der Waals surface area (Å²) in [6.07, 6.45) is 4.28. The highest BCUT2D eigenvalue weighted by atomic mass is 16.5. The van der Waals surface area contributed by atoms with E-state index in [0.29, 0.717) is 5.92 Å². The van der Waals surface area contributed by atoms with E-state index < -0.39 is 0 Å². The molecule has 1 aromatic heterocycles. The van der Waals surface area contributed by atoms with E-state index in [9.17, 15) is 0 Å². The van der Waals surface area contributed by atoms with E-state index in [2.05, 4.69) is 41.3 Å². The molecule has 0 saturated heterocycles. The summed E-state index contributed by atoms with van der Waals surface area (Å²) in [5, 5.41) is 4.27. The van der Waals surface area contributed by atoms with Crippen molar-refractivity contribution < 1.29 is 4.74 Å². The van der Waals surface area contributed by atoms with Crippen molar-refractivity contribution in [2.45, 2.75) is 25.3 Å². The summed E-state index contributed by atoms with van der Waals surface area (Å²) in [6, 6.07) is 10.8. The van der Waals surface area contributed by atoms with Crippen LogP contribution in [-0.4, -0.2) is 28.5 Å². The molecule has 0 aliphatic rings. The molecule has 4 heteroatoms. The first-order valence-corrected chi connectivity index (χ1v) is 6.21. The second kappa shape index (κ2) is 6.31. The monoisotopic (exact) mass is 245 g/mol. The van der Waals surface area contributed by atoms with Crippen LogP contribution in [0.5, 0.6) is 0 Å². The van der Waals surface area contributed by atoms with Crippen molar-refractivity contribution in [2.75, 3.05) is 13.7 Å². The molecule has 0 bridgehead atoms. The molecule has 18 heavy (non-hydrogen) atoms. The van der Waals surface area contributed by atoms with Crippen LogP contribution < -0.4 is 0 Å². The Kier molecular flexibility index (Phi) is 4.47. The molecule has 0 amide bonds. The van der Waals surface area contributed by atoms with Crippen molar-refractivity contribution in [1.82, 2.24) is 14.8 Å². The number of ether oxygens (including phenoxy) is 1. The summed E-state index contributed by atoms with van der Waals surface area (Å²) in [6.45, 7) is 2.94. The fourth-order valence-corrected chi connectivity index (χ4v) is 2.22. The van der Waals surface area contributed by atoms with E-state index >= 15 is 0 Å². The molecule has 4 nitrogen and oxygen atoms in total. The molecule has 0 fully saturated rings. The van der Waals surface area contributed by atoms with Crippen LogP contribution in [0.25, 0.3) is 0 Å². The smallest absolute Gasteiger partial charge is 0.137 e. The Labute approximate surface area is 108 Å². The summed E-state index contributed by atoms with van der Waals surface area (Å²) in [7, 11) is 1.73. The minimum atomic E-state index is 0.273. The molecular formula is C14H19N3O. The topological polar surface area (TPSA) is 39.9 Å². The van der Waals surface area contributed by atoms with Gasteiger partial charge in [0, 0.05) is 19.6 Å². The van der Waals surface area contributed by atoms with Crippen LogP contribution in [0.1, 0.15) is 30.9 Å². The van der Waals surface area contributed by atoms with Gasteiger partial charge in [-0.05, 0) is 12.0 Å². The zero-order chi connectivity index (χ0) is 12.8. The van der Waals surface area contributed by atoms with Crippen molar-refractivity contribution in [3.63, 3.8) is 0 Å². The number of benzene rings is 1. The zero-order valence-electron chi connectivity index (χ0n) is 10.9. The van der Waals surface area contributed by atoms with Crippen molar-refractivity contribution in [3.05, 3.63) is 48.5 Å². The van der Waals surface area contributed by atoms with Gasteiger partial charge in [-0.2, -0.15) is 5.10 Å². The fourth-order valence-electron chi connectivity index (χ4n) is 2.22. The van der Waals surface area contributed by atoms with Crippen LogP contribution in [0.2, 0.25) is 0 Å². The number of methoxy groups -OCH3 is 1. The number of rotatable bonds is 6. The van der Waals surface area contributed by atoms with Gasteiger partial charge in [-0.3, -0.25) is 0 Å². The second-order valence-electron chi connectivity index (χ2n) is 4.42. The Morgan fingerprint density at radius 3 is 2.67 bits per heavy atom. The third kappa shape index (κ3) is 2.96. The molecule has 2 atom stereocenters. The fraction of sp³-hybridized carbons (Fsp3) is 0.429. The molecule has 0 spiro atoms. The molecule has 0 unspecified atom stereocenters. The first kappa shape index (κ1) is 12.8. The van der Waals surface area contributed by atoms with Gasteiger partial charge < -0.3 is 4.74 Å². The second-order valence-corrected chi connectivity index (χ2v) is 4.42. The summed E-state index contributed by atoms with van der Waals surface area (Å²) in [5.41, 5.74) is 1.31. The molecular weight excluding hydrogens is 226 g/mol. The first-order chi connectivity index (χ1) is 8.83. The van der Waals surface area contributed by atoms with Gasteiger partial charge in [0.1, 0.15) is 12.7 Å². The van der Waals surface area contributed by atoms with Crippen molar-refractivity contribution in [2.24, 2.45) is 0 Å². The Morgan fingerprint density at radius 2 is 2.06 bits per heavy atom. The maximum atomic E-state index is 5.19. The minimum Gasteiger partial charge on any atom is -0.385 e. The van der Waals surface area contributed by atoms with E-state index in [-0.39, 0.29) is 6.04 Å². The van der Waals surface area contributed by atoms with E-state index in [1.807, 2.05) is 10.7 Å². The SMILES string of the molecule is COCC[C@@H]([C@@H](C)c1ccccc1)n1cncn1. The standard InChI is InChI=1S/C14H19N3O/c1-12(13-6-4-3-5-7-13)14(8-9-18-2)17-11-15-10-16-17/h3-7,10-12,14H,8-9H2,1-2H3/t12-,14-/m0/s1. The molecule has 2 aromatic rings. The lowest BCUT2D eigenvalue weighted by Crippen LogP contribution is -2.18. The largest absolute Gasteiger partial charge is 0.385 e. The van der Waals surface area contributed by atoms with Gasteiger partial charge in [0.05, 0.1) is 6.04 Å². The third-order valence-electron chi connectivity index (χ3n) is 3.30. The molecule has 0 N–H and O–H groups in total. The van der Waals surface area contributed by atoms with Gasteiger partial charge in [0.25, 0.3) is 0 Å². The maximum absolute atomic E-state index is 5.19. The Morgan fingerprint density at radius 1 is 1.28 bits per heavy atom. The van der Waals surface area contributed by atoms with Crippen LogP contribution >= 0.6 is 0 Å². The lowest BCUT2D eigenvalue weighted by Gasteiger charge is -2.24. The van der Waals surface area contributed by atoms with Crippen molar-refractivity contribution >= 4 is 0 Å². The molecule has 2 rings (SSSR count). The van der Waals surface area contributed by atoms with Gasteiger partial charge in [0.2, 0.25) is 0 Å². The molecule has 96 valence electrons. The third-order valence-corrected chi connectivity index (χ3v) is 3.30. The van der Waals surface area contributed by atoms with E-state index in [0.717, 1.165) is 13.0 Å². The quantitative estimate of drug-likeness (QED) is 0.785. The Bertz CT molecular complexity index is 441. The lowest BCUT2D eigenvalue weighted by molar-refractivity contribution is 0.169. The highest BCUT2D eigenvalue weighted by Crippen LogP contribution is 2.30. The van der Waals surface area contributed by atoms with Gasteiger partial charge in [0.15, 0.2) is 0 Å². The summed E-state index contributed by atoms with van der Waals surface area (Å²) in [4.78, 5) is 4.04. The van der Waals surface area contributed by atoms with E-state index in [1.54, 1.807) is 19.8 Å². The molecule has 1 aromatic carbocycles. The summed E-state index contributed by atoms with van der Waals surface area (Å²) < 4.78 is 7.12. The van der Waals surface area contributed by atoms with Crippen LogP contribution in [0.4, 0.5) is 0 Å². The van der Waals surface area contributed by atoms with Crippen LogP contribution in [0.15, 0.2) is 43.0 Å².